The predicted octanol–water partition coefficient (Wildman–Crippen LogP) is 5.95. The number of carbonyl (C=O) groups is 2. The minimum Gasteiger partial charge on any atom is -0.507 e. The van der Waals surface area contributed by atoms with E-state index in [4.69, 9.17) is 0 Å². The molecule has 2 aromatic carbocycles. The Labute approximate surface area is 194 Å². The van der Waals surface area contributed by atoms with Crippen molar-refractivity contribution in [2.75, 3.05) is 4.90 Å². The highest BCUT2D eigenvalue weighted by molar-refractivity contribution is 6.51. The summed E-state index contributed by atoms with van der Waals surface area (Å²) in [5.41, 5.74) is 4.21. The molecule has 2 heterocycles. The lowest BCUT2D eigenvalue weighted by molar-refractivity contribution is -0.132. The Morgan fingerprint density at radius 1 is 0.818 bits per heavy atom. The molecule has 1 N–H and O–H groups in total. The van der Waals surface area contributed by atoms with Crippen LogP contribution in [0.15, 0.2) is 78.6 Å². The monoisotopic (exact) mass is 440 g/mol. The van der Waals surface area contributed by atoms with Gasteiger partial charge in [0.05, 0.1) is 11.6 Å². The number of aromatic nitrogens is 1. The number of benzene rings is 2. The van der Waals surface area contributed by atoms with Crippen LogP contribution in [0.1, 0.15) is 67.8 Å². The average molecular weight is 441 g/mol. The van der Waals surface area contributed by atoms with Crippen molar-refractivity contribution < 1.29 is 14.7 Å². The molecule has 0 radical (unpaired) electrons. The summed E-state index contributed by atoms with van der Waals surface area (Å²) in [4.78, 5) is 31.9. The summed E-state index contributed by atoms with van der Waals surface area (Å²) in [5.74, 6) is -0.850. The molecule has 0 saturated carbocycles. The number of carbonyl (C=O) groups excluding carboxylic acids is 2. The number of anilines is 1. The number of aliphatic hydroxyl groups is 1. The Kier molecular flexibility index (Phi) is 6.14. The van der Waals surface area contributed by atoms with Gasteiger partial charge in [-0.3, -0.25) is 19.5 Å². The second-order valence-corrected chi connectivity index (χ2v) is 8.97. The van der Waals surface area contributed by atoms with Crippen molar-refractivity contribution >= 4 is 23.1 Å². The van der Waals surface area contributed by atoms with Crippen LogP contribution in [0.5, 0.6) is 0 Å². The van der Waals surface area contributed by atoms with E-state index in [0.29, 0.717) is 23.1 Å². The van der Waals surface area contributed by atoms with Gasteiger partial charge in [-0.15, -0.1) is 0 Å². The summed E-state index contributed by atoms with van der Waals surface area (Å²) >= 11 is 0. The smallest absolute Gasteiger partial charge is 0.300 e. The van der Waals surface area contributed by atoms with Crippen LogP contribution in [-0.4, -0.2) is 21.8 Å². The van der Waals surface area contributed by atoms with Crippen LogP contribution >= 0.6 is 0 Å². The number of nitrogens with zero attached hydrogens (tertiary/aromatic N) is 2. The zero-order chi connectivity index (χ0) is 23.7. The molecule has 1 aliphatic heterocycles. The van der Waals surface area contributed by atoms with Crippen molar-refractivity contribution in [3.63, 3.8) is 0 Å². The maximum atomic E-state index is 13.2. The summed E-state index contributed by atoms with van der Waals surface area (Å²) in [6, 6.07) is 18.1. The molecule has 0 aliphatic carbocycles. The third-order valence-electron chi connectivity index (χ3n) is 6.15. The third-order valence-corrected chi connectivity index (χ3v) is 6.15. The number of rotatable bonds is 5. The zero-order valence-electron chi connectivity index (χ0n) is 19.3. The van der Waals surface area contributed by atoms with Gasteiger partial charge in [-0.1, -0.05) is 64.1 Å². The van der Waals surface area contributed by atoms with Crippen molar-refractivity contribution in [2.45, 2.75) is 45.6 Å². The molecular weight excluding hydrogens is 412 g/mol. The highest BCUT2D eigenvalue weighted by Crippen LogP contribution is 2.42. The first-order chi connectivity index (χ1) is 15.8. The van der Waals surface area contributed by atoms with Crippen LogP contribution in [0, 0.1) is 0 Å². The molecule has 1 saturated heterocycles. The summed E-state index contributed by atoms with van der Waals surface area (Å²) in [5, 5.41) is 11.1. The summed E-state index contributed by atoms with van der Waals surface area (Å²) < 4.78 is 0. The minimum atomic E-state index is -0.732. The molecule has 1 aliphatic rings. The summed E-state index contributed by atoms with van der Waals surface area (Å²) in [6.07, 6.45) is 3.09. The maximum Gasteiger partial charge on any atom is 0.300 e. The maximum absolute atomic E-state index is 13.2. The van der Waals surface area contributed by atoms with Crippen LogP contribution in [0.2, 0.25) is 0 Å². The SMILES string of the molecule is CC(C)c1ccc(C2/C(=C(/O)c3ccncc3)C(=O)C(=O)N2c2ccc(C(C)C)cc2)cc1. The van der Waals surface area contributed by atoms with Gasteiger partial charge < -0.3 is 5.11 Å². The number of amides is 1. The number of hydrogen-bond acceptors (Lipinski definition) is 4. The highest BCUT2D eigenvalue weighted by Gasteiger charge is 2.46. The lowest BCUT2D eigenvalue weighted by Gasteiger charge is -2.26. The molecule has 0 bridgehead atoms. The van der Waals surface area contributed by atoms with Crippen molar-refractivity contribution in [3.05, 3.63) is 101 Å². The molecule has 4 rings (SSSR count). The predicted molar refractivity (Wildman–Crippen MR) is 130 cm³/mol. The van der Waals surface area contributed by atoms with E-state index in [1.54, 1.807) is 24.5 Å². The number of ketones is 1. The zero-order valence-corrected chi connectivity index (χ0v) is 19.3. The second kappa shape index (κ2) is 9.02. The van der Waals surface area contributed by atoms with Crippen LogP contribution in [0.3, 0.4) is 0 Å². The molecule has 1 atom stereocenters. The van der Waals surface area contributed by atoms with E-state index < -0.39 is 17.7 Å². The molecule has 5 heteroatoms. The van der Waals surface area contributed by atoms with Crippen LogP contribution in [0.4, 0.5) is 5.69 Å². The van der Waals surface area contributed by atoms with E-state index in [0.717, 1.165) is 16.7 Å². The second-order valence-electron chi connectivity index (χ2n) is 8.97. The molecule has 1 fully saturated rings. The molecule has 5 nitrogen and oxygen atoms in total. The summed E-state index contributed by atoms with van der Waals surface area (Å²) in [7, 11) is 0. The Hall–Kier alpha value is -3.73. The number of aliphatic hydroxyl groups excluding tert-OH is 1. The van der Waals surface area contributed by atoms with Gasteiger partial charge in [0.25, 0.3) is 11.7 Å². The highest BCUT2D eigenvalue weighted by atomic mass is 16.3. The Morgan fingerprint density at radius 3 is 1.85 bits per heavy atom. The Balaban J connectivity index is 1.89. The molecule has 1 aromatic heterocycles. The van der Waals surface area contributed by atoms with E-state index in [-0.39, 0.29) is 11.3 Å². The lowest BCUT2D eigenvalue weighted by Crippen LogP contribution is -2.29. The first-order valence-corrected chi connectivity index (χ1v) is 11.2. The normalized spacial score (nSPS) is 17.9. The fourth-order valence-electron chi connectivity index (χ4n) is 4.16. The van der Waals surface area contributed by atoms with Gasteiger partial charge in [0.2, 0.25) is 0 Å². The lowest BCUT2D eigenvalue weighted by atomic mass is 9.93. The first-order valence-electron chi connectivity index (χ1n) is 11.2. The molecule has 0 spiro atoms. The Bertz CT molecular complexity index is 1190. The number of hydrogen-bond donors (Lipinski definition) is 1. The number of Topliss-reactive ketones (excluding diaryl/α,β-unsaturated/α-hetero) is 1. The van der Waals surface area contributed by atoms with E-state index >= 15 is 0 Å². The van der Waals surface area contributed by atoms with Gasteiger partial charge in [0.15, 0.2) is 0 Å². The molecule has 33 heavy (non-hydrogen) atoms. The molecule has 1 unspecified atom stereocenters. The van der Waals surface area contributed by atoms with Crippen molar-refractivity contribution in [2.24, 2.45) is 0 Å². The third kappa shape index (κ3) is 4.19. The largest absolute Gasteiger partial charge is 0.507 e. The molecule has 1 amide bonds. The first kappa shape index (κ1) is 22.5. The van der Waals surface area contributed by atoms with Gasteiger partial charge >= 0.3 is 0 Å². The van der Waals surface area contributed by atoms with Crippen LogP contribution in [-0.2, 0) is 9.59 Å². The summed E-state index contributed by atoms with van der Waals surface area (Å²) in [6.45, 7) is 8.43. The van der Waals surface area contributed by atoms with Crippen LogP contribution in [0.25, 0.3) is 5.76 Å². The van der Waals surface area contributed by atoms with E-state index in [1.807, 2.05) is 48.5 Å². The fourth-order valence-corrected chi connectivity index (χ4v) is 4.16. The van der Waals surface area contributed by atoms with Gasteiger partial charge in [-0.25, -0.2) is 0 Å². The van der Waals surface area contributed by atoms with E-state index in [2.05, 4.69) is 32.7 Å². The molecular formula is C28H28N2O3. The minimum absolute atomic E-state index is 0.0800. The quantitative estimate of drug-likeness (QED) is 0.302. The van der Waals surface area contributed by atoms with Crippen molar-refractivity contribution in [1.82, 2.24) is 4.98 Å². The Morgan fingerprint density at radius 2 is 1.33 bits per heavy atom. The van der Waals surface area contributed by atoms with Crippen LogP contribution < -0.4 is 4.90 Å². The average Bonchev–Trinajstić information content (AvgIpc) is 3.09. The van der Waals surface area contributed by atoms with E-state index in [1.165, 1.54) is 4.90 Å². The number of pyridine rings is 1. The fraction of sp³-hybridized carbons (Fsp3) is 0.250. The van der Waals surface area contributed by atoms with Gasteiger partial charge in [-0.05, 0) is 52.8 Å². The van der Waals surface area contributed by atoms with Gasteiger partial charge in [0.1, 0.15) is 5.76 Å². The molecule has 168 valence electrons. The van der Waals surface area contributed by atoms with Crippen molar-refractivity contribution in [3.8, 4) is 0 Å². The van der Waals surface area contributed by atoms with E-state index in [9.17, 15) is 14.7 Å². The standard InChI is InChI=1S/C28H28N2O3/c1-17(2)19-5-7-21(8-6-19)25-24(26(31)22-13-15-29-16-14-22)27(32)28(33)30(25)23-11-9-20(10-12-23)18(3)4/h5-18,25,31H,1-4H3/b26-24-. The van der Waals surface area contributed by atoms with Gasteiger partial charge in [-0.2, -0.15) is 0 Å². The van der Waals surface area contributed by atoms with Crippen molar-refractivity contribution in [1.29, 1.82) is 0 Å². The topological polar surface area (TPSA) is 70.5 Å². The van der Waals surface area contributed by atoms with Gasteiger partial charge in [0, 0.05) is 23.6 Å². The molecule has 3 aromatic rings.